The fourth-order valence-electron chi connectivity index (χ4n) is 3.11. The lowest BCUT2D eigenvalue weighted by atomic mass is 10.2. The number of rotatable bonds is 4. The van der Waals surface area contributed by atoms with Crippen LogP contribution in [0.1, 0.15) is 31.9 Å². The molecule has 0 spiro atoms. The van der Waals surface area contributed by atoms with Gasteiger partial charge in [-0.05, 0) is 37.3 Å². The van der Waals surface area contributed by atoms with E-state index in [0.29, 0.717) is 0 Å². The summed E-state index contributed by atoms with van der Waals surface area (Å²) in [6, 6.07) is 6.99. The zero-order valence-electron chi connectivity index (χ0n) is 12.0. The standard InChI is InChI=1S/C16H22N4/c1-12-7-9-19(11-12)16-14(10-17-13-5-6-13)20-8-3-2-4-15(20)18-16/h2-4,8,12-13,17H,5-7,9-11H2,1H3. The van der Waals surface area contributed by atoms with Crippen LogP contribution in [-0.2, 0) is 6.54 Å². The van der Waals surface area contributed by atoms with Crippen LogP contribution in [0.25, 0.3) is 5.65 Å². The molecule has 1 saturated heterocycles. The highest BCUT2D eigenvalue weighted by Gasteiger charge is 2.26. The van der Waals surface area contributed by atoms with Gasteiger partial charge in [-0.25, -0.2) is 4.98 Å². The fourth-order valence-corrected chi connectivity index (χ4v) is 3.11. The normalized spacial score (nSPS) is 22.9. The van der Waals surface area contributed by atoms with Crippen molar-refractivity contribution in [3.63, 3.8) is 0 Å². The van der Waals surface area contributed by atoms with Crippen molar-refractivity contribution < 1.29 is 0 Å². The zero-order chi connectivity index (χ0) is 13.5. The summed E-state index contributed by atoms with van der Waals surface area (Å²) in [5, 5.41) is 3.64. The van der Waals surface area contributed by atoms with Gasteiger partial charge in [0.05, 0.1) is 5.69 Å². The van der Waals surface area contributed by atoms with Crippen LogP contribution >= 0.6 is 0 Å². The van der Waals surface area contributed by atoms with E-state index in [2.05, 4.69) is 45.9 Å². The van der Waals surface area contributed by atoms with Crippen LogP contribution in [0.4, 0.5) is 5.82 Å². The number of pyridine rings is 1. The molecule has 4 rings (SSSR count). The zero-order valence-corrected chi connectivity index (χ0v) is 12.0. The number of fused-ring (bicyclic) bond motifs is 1. The summed E-state index contributed by atoms with van der Waals surface area (Å²) in [5.74, 6) is 1.97. The first-order valence-electron chi connectivity index (χ1n) is 7.75. The first-order valence-corrected chi connectivity index (χ1v) is 7.75. The van der Waals surface area contributed by atoms with Gasteiger partial charge < -0.3 is 14.6 Å². The molecule has 4 heteroatoms. The minimum absolute atomic E-state index is 0.731. The smallest absolute Gasteiger partial charge is 0.152 e. The van der Waals surface area contributed by atoms with Gasteiger partial charge in [-0.2, -0.15) is 0 Å². The fraction of sp³-hybridized carbons (Fsp3) is 0.562. The highest BCUT2D eigenvalue weighted by molar-refractivity contribution is 5.56. The van der Waals surface area contributed by atoms with Crippen molar-refractivity contribution in [3.8, 4) is 0 Å². The molecule has 2 aliphatic rings. The molecule has 1 N–H and O–H groups in total. The number of imidazole rings is 1. The Labute approximate surface area is 119 Å². The minimum atomic E-state index is 0.731. The number of hydrogen-bond donors (Lipinski definition) is 1. The van der Waals surface area contributed by atoms with Crippen LogP contribution in [-0.4, -0.2) is 28.5 Å². The third-order valence-electron chi connectivity index (χ3n) is 4.47. The summed E-state index contributed by atoms with van der Waals surface area (Å²) in [5.41, 5.74) is 2.39. The summed E-state index contributed by atoms with van der Waals surface area (Å²) in [6.07, 6.45) is 6.07. The molecule has 1 aliphatic heterocycles. The van der Waals surface area contributed by atoms with Crippen LogP contribution in [0, 0.1) is 5.92 Å². The topological polar surface area (TPSA) is 32.6 Å². The first-order chi connectivity index (χ1) is 9.81. The summed E-state index contributed by atoms with van der Waals surface area (Å²) in [6.45, 7) is 5.54. The predicted octanol–water partition coefficient (Wildman–Crippen LogP) is 2.43. The molecule has 4 nitrogen and oxygen atoms in total. The van der Waals surface area contributed by atoms with E-state index in [1.165, 1.54) is 30.8 Å². The summed E-state index contributed by atoms with van der Waals surface area (Å²) >= 11 is 0. The van der Waals surface area contributed by atoms with Crippen molar-refractivity contribution in [2.45, 2.75) is 38.8 Å². The van der Waals surface area contributed by atoms with Crippen LogP contribution in [0.3, 0.4) is 0 Å². The highest BCUT2D eigenvalue weighted by atomic mass is 15.2. The minimum Gasteiger partial charge on any atom is -0.355 e. The Morgan fingerprint density at radius 2 is 2.20 bits per heavy atom. The molecule has 2 fully saturated rings. The molecule has 3 heterocycles. The van der Waals surface area contributed by atoms with Crippen molar-refractivity contribution in [1.29, 1.82) is 0 Å². The van der Waals surface area contributed by atoms with Crippen LogP contribution in [0.2, 0.25) is 0 Å². The van der Waals surface area contributed by atoms with Crippen molar-refractivity contribution in [2.75, 3.05) is 18.0 Å². The van der Waals surface area contributed by atoms with E-state index in [-0.39, 0.29) is 0 Å². The van der Waals surface area contributed by atoms with Gasteiger partial charge in [0.15, 0.2) is 5.82 Å². The summed E-state index contributed by atoms with van der Waals surface area (Å²) < 4.78 is 2.24. The van der Waals surface area contributed by atoms with Gasteiger partial charge in [0.25, 0.3) is 0 Å². The Bertz CT molecular complexity index is 614. The van der Waals surface area contributed by atoms with Crippen molar-refractivity contribution >= 4 is 11.5 Å². The van der Waals surface area contributed by atoms with Gasteiger partial charge in [-0.3, -0.25) is 0 Å². The maximum absolute atomic E-state index is 4.88. The van der Waals surface area contributed by atoms with Gasteiger partial charge in [-0.15, -0.1) is 0 Å². The molecular formula is C16H22N4. The third kappa shape index (κ3) is 2.18. The van der Waals surface area contributed by atoms with Crippen molar-refractivity contribution in [3.05, 3.63) is 30.1 Å². The van der Waals surface area contributed by atoms with Crippen LogP contribution in [0.15, 0.2) is 24.4 Å². The Kier molecular flexibility index (Phi) is 2.91. The molecular weight excluding hydrogens is 248 g/mol. The number of nitrogens with one attached hydrogen (secondary N) is 1. The lowest BCUT2D eigenvalue weighted by molar-refractivity contribution is 0.654. The van der Waals surface area contributed by atoms with E-state index in [1.54, 1.807) is 0 Å². The Balaban J connectivity index is 1.71. The SMILES string of the molecule is CC1CCN(c2nc3ccccn3c2CNC2CC2)C1. The average molecular weight is 270 g/mol. The average Bonchev–Trinajstić information content (AvgIpc) is 3.07. The largest absolute Gasteiger partial charge is 0.355 e. The molecule has 1 aliphatic carbocycles. The maximum atomic E-state index is 4.88. The van der Waals surface area contributed by atoms with E-state index in [0.717, 1.165) is 37.2 Å². The second-order valence-electron chi connectivity index (χ2n) is 6.31. The van der Waals surface area contributed by atoms with Gasteiger partial charge in [0, 0.05) is 31.9 Å². The second-order valence-corrected chi connectivity index (χ2v) is 6.31. The van der Waals surface area contributed by atoms with Gasteiger partial charge in [-0.1, -0.05) is 13.0 Å². The molecule has 1 atom stereocenters. The number of aromatic nitrogens is 2. The predicted molar refractivity (Wildman–Crippen MR) is 81.0 cm³/mol. The van der Waals surface area contributed by atoms with Crippen LogP contribution in [0.5, 0.6) is 0 Å². The molecule has 2 aromatic rings. The highest BCUT2D eigenvalue weighted by Crippen LogP contribution is 2.28. The molecule has 2 aromatic heterocycles. The Morgan fingerprint density at radius 1 is 1.30 bits per heavy atom. The Hall–Kier alpha value is -1.55. The van der Waals surface area contributed by atoms with Crippen molar-refractivity contribution in [1.82, 2.24) is 14.7 Å². The van der Waals surface area contributed by atoms with Gasteiger partial charge in [0.2, 0.25) is 0 Å². The molecule has 0 amide bonds. The van der Waals surface area contributed by atoms with Crippen molar-refractivity contribution in [2.24, 2.45) is 5.92 Å². The molecule has 20 heavy (non-hydrogen) atoms. The molecule has 1 saturated carbocycles. The van der Waals surface area contributed by atoms with Crippen LogP contribution < -0.4 is 10.2 Å². The molecule has 106 valence electrons. The van der Waals surface area contributed by atoms with E-state index in [4.69, 9.17) is 4.98 Å². The number of anilines is 1. The summed E-state index contributed by atoms with van der Waals surface area (Å²) in [7, 11) is 0. The summed E-state index contributed by atoms with van der Waals surface area (Å²) in [4.78, 5) is 7.34. The van der Waals surface area contributed by atoms with Gasteiger partial charge in [0.1, 0.15) is 5.65 Å². The van der Waals surface area contributed by atoms with E-state index < -0.39 is 0 Å². The monoisotopic (exact) mass is 270 g/mol. The molecule has 0 radical (unpaired) electrons. The third-order valence-corrected chi connectivity index (χ3v) is 4.47. The molecule has 1 unspecified atom stereocenters. The first kappa shape index (κ1) is 12.2. The molecule has 0 bridgehead atoms. The number of hydrogen-bond acceptors (Lipinski definition) is 3. The quantitative estimate of drug-likeness (QED) is 0.926. The van der Waals surface area contributed by atoms with E-state index in [1.807, 2.05) is 0 Å². The molecule has 0 aromatic carbocycles. The Morgan fingerprint density at radius 3 is 2.95 bits per heavy atom. The van der Waals surface area contributed by atoms with E-state index >= 15 is 0 Å². The second kappa shape index (κ2) is 4.77. The maximum Gasteiger partial charge on any atom is 0.152 e. The van der Waals surface area contributed by atoms with E-state index in [9.17, 15) is 0 Å². The number of nitrogens with zero attached hydrogens (tertiary/aromatic N) is 3. The lowest BCUT2D eigenvalue weighted by Crippen LogP contribution is -2.24. The lowest BCUT2D eigenvalue weighted by Gasteiger charge is -2.17. The van der Waals surface area contributed by atoms with Gasteiger partial charge >= 0.3 is 0 Å².